The van der Waals surface area contributed by atoms with Gasteiger partial charge in [-0.1, -0.05) is 0 Å². The predicted molar refractivity (Wildman–Crippen MR) is 71.3 cm³/mol. The fraction of sp³-hybridized carbons (Fsp3) is 0.538. The van der Waals surface area contributed by atoms with Gasteiger partial charge in [0.2, 0.25) is 5.91 Å². The number of carbonyl (C=O) groups excluding carboxylic acids is 1. The molecule has 1 aliphatic rings. The van der Waals surface area contributed by atoms with Crippen LogP contribution in [0.25, 0.3) is 0 Å². The number of aromatic carboxylic acids is 1. The molecule has 1 amide bonds. The standard InChI is InChI=1S/C13H17NO4S/c1-13(5-2-6-18-8-13)12(17)14-7-9-3-4-10(19-9)11(15)16/h3-4H,2,5-8H2,1H3,(H,14,17)(H,15,16). The van der Waals surface area contributed by atoms with E-state index in [4.69, 9.17) is 9.84 Å². The molecule has 104 valence electrons. The summed E-state index contributed by atoms with van der Waals surface area (Å²) >= 11 is 1.18. The second-order valence-corrected chi connectivity index (χ2v) is 6.14. The van der Waals surface area contributed by atoms with Gasteiger partial charge in [-0.15, -0.1) is 11.3 Å². The van der Waals surface area contributed by atoms with Crippen LogP contribution in [0.5, 0.6) is 0 Å². The van der Waals surface area contributed by atoms with E-state index in [1.165, 1.54) is 11.3 Å². The molecule has 6 heteroatoms. The third-order valence-corrected chi connectivity index (χ3v) is 4.35. The zero-order valence-corrected chi connectivity index (χ0v) is 11.6. The summed E-state index contributed by atoms with van der Waals surface area (Å²) < 4.78 is 5.36. The van der Waals surface area contributed by atoms with Gasteiger partial charge < -0.3 is 15.2 Å². The molecule has 0 saturated carbocycles. The highest BCUT2D eigenvalue weighted by molar-refractivity contribution is 7.13. The first-order chi connectivity index (χ1) is 9.01. The van der Waals surface area contributed by atoms with Crippen molar-refractivity contribution in [2.45, 2.75) is 26.3 Å². The lowest BCUT2D eigenvalue weighted by molar-refractivity contribution is -0.137. The molecule has 0 aromatic carbocycles. The molecule has 1 aromatic rings. The predicted octanol–water partition coefficient (Wildman–Crippen LogP) is 1.88. The summed E-state index contributed by atoms with van der Waals surface area (Å²) in [5, 5.41) is 11.7. The van der Waals surface area contributed by atoms with Crippen LogP contribution in [0.3, 0.4) is 0 Å². The molecule has 0 spiro atoms. The number of nitrogens with one attached hydrogen (secondary N) is 1. The number of amides is 1. The Kier molecular flexibility index (Phi) is 4.21. The van der Waals surface area contributed by atoms with E-state index in [9.17, 15) is 9.59 Å². The fourth-order valence-corrected chi connectivity index (χ4v) is 2.87. The average molecular weight is 283 g/mol. The molecule has 1 aromatic heterocycles. The minimum atomic E-state index is -0.935. The lowest BCUT2D eigenvalue weighted by Crippen LogP contribution is -2.43. The number of carboxylic acids is 1. The molecule has 1 fully saturated rings. The van der Waals surface area contributed by atoms with Crippen molar-refractivity contribution in [2.24, 2.45) is 5.41 Å². The van der Waals surface area contributed by atoms with E-state index in [0.29, 0.717) is 13.2 Å². The highest BCUT2D eigenvalue weighted by Crippen LogP contribution is 2.28. The first-order valence-electron chi connectivity index (χ1n) is 6.19. The van der Waals surface area contributed by atoms with Crippen LogP contribution >= 0.6 is 11.3 Å². The highest BCUT2D eigenvalue weighted by Gasteiger charge is 2.35. The van der Waals surface area contributed by atoms with E-state index in [1.54, 1.807) is 12.1 Å². The molecule has 0 aliphatic carbocycles. The molecule has 1 atom stereocenters. The molecular formula is C13H17NO4S. The number of carbonyl (C=O) groups is 2. The Balaban J connectivity index is 1.90. The van der Waals surface area contributed by atoms with Gasteiger partial charge in [-0.2, -0.15) is 0 Å². The van der Waals surface area contributed by atoms with Crippen molar-refractivity contribution in [2.75, 3.05) is 13.2 Å². The summed E-state index contributed by atoms with van der Waals surface area (Å²) in [7, 11) is 0. The van der Waals surface area contributed by atoms with Crippen molar-refractivity contribution < 1.29 is 19.4 Å². The molecular weight excluding hydrogens is 266 g/mol. The molecule has 2 rings (SSSR count). The quantitative estimate of drug-likeness (QED) is 0.884. The van der Waals surface area contributed by atoms with Crippen LogP contribution in [0.2, 0.25) is 0 Å². The van der Waals surface area contributed by atoms with E-state index < -0.39 is 11.4 Å². The Hall–Kier alpha value is -1.40. The minimum absolute atomic E-state index is 0.0301. The Morgan fingerprint density at radius 3 is 2.89 bits per heavy atom. The van der Waals surface area contributed by atoms with Crippen LogP contribution in [-0.2, 0) is 16.1 Å². The molecule has 2 N–H and O–H groups in total. The number of rotatable bonds is 4. The second kappa shape index (κ2) is 5.71. The molecule has 19 heavy (non-hydrogen) atoms. The summed E-state index contributed by atoms with van der Waals surface area (Å²) in [6, 6.07) is 3.29. The maximum Gasteiger partial charge on any atom is 0.345 e. The minimum Gasteiger partial charge on any atom is -0.477 e. The Morgan fingerprint density at radius 2 is 2.32 bits per heavy atom. The summed E-state index contributed by atoms with van der Waals surface area (Å²) in [4.78, 5) is 24.0. The van der Waals surface area contributed by atoms with Gasteiger partial charge in [0.05, 0.1) is 18.6 Å². The lowest BCUT2D eigenvalue weighted by Gasteiger charge is -2.31. The van der Waals surface area contributed by atoms with E-state index >= 15 is 0 Å². The summed E-state index contributed by atoms with van der Waals surface area (Å²) in [6.45, 7) is 3.43. The first kappa shape index (κ1) is 14.0. The second-order valence-electron chi connectivity index (χ2n) is 4.97. The summed E-state index contributed by atoms with van der Waals surface area (Å²) in [5.41, 5.74) is -0.467. The zero-order chi connectivity index (χ0) is 13.9. The first-order valence-corrected chi connectivity index (χ1v) is 7.01. The third-order valence-electron chi connectivity index (χ3n) is 3.28. The smallest absolute Gasteiger partial charge is 0.345 e. The molecule has 1 aliphatic heterocycles. The third kappa shape index (κ3) is 3.33. The molecule has 0 bridgehead atoms. The van der Waals surface area contributed by atoms with Gasteiger partial charge in [-0.05, 0) is 31.9 Å². The van der Waals surface area contributed by atoms with Gasteiger partial charge in [0.25, 0.3) is 0 Å². The molecule has 1 unspecified atom stereocenters. The van der Waals surface area contributed by atoms with E-state index in [1.807, 2.05) is 6.92 Å². The van der Waals surface area contributed by atoms with Crippen LogP contribution in [0.15, 0.2) is 12.1 Å². The van der Waals surface area contributed by atoms with E-state index in [2.05, 4.69) is 5.32 Å². The molecule has 0 radical (unpaired) electrons. The van der Waals surface area contributed by atoms with Crippen molar-refractivity contribution in [3.63, 3.8) is 0 Å². The molecule has 1 saturated heterocycles. The van der Waals surface area contributed by atoms with Gasteiger partial charge >= 0.3 is 5.97 Å². The monoisotopic (exact) mass is 283 g/mol. The van der Waals surface area contributed by atoms with Gasteiger partial charge in [-0.3, -0.25) is 4.79 Å². The Labute approximate surface area is 115 Å². The average Bonchev–Trinajstić information content (AvgIpc) is 2.85. The van der Waals surface area contributed by atoms with Crippen molar-refractivity contribution in [3.05, 3.63) is 21.9 Å². The fourth-order valence-electron chi connectivity index (χ4n) is 2.08. The SMILES string of the molecule is CC1(C(=O)NCc2ccc(C(=O)O)s2)CCCOC1. The summed E-state index contributed by atoms with van der Waals surface area (Å²) in [6.07, 6.45) is 1.72. The van der Waals surface area contributed by atoms with Crippen LogP contribution in [0.4, 0.5) is 0 Å². The maximum absolute atomic E-state index is 12.1. The van der Waals surface area contributed by atoms with Crippen molar-refractivity contribution in [1.29, 1.82) is 0 Å². The highest BCUT2D eigenvalue weighted by atomic mass is 32.1. The zero-order valence-electron chi connectivity index (χ0n) is 10.8. The number of ether oxygens (including phenoxy) is 1. The Morgan fingerprint density at radius 1 is 1.53 bits per heavy atom. The van der Waals surface area contributed by atoms with E-state index in [-0.39, 0.29) is 10.8 Å². The number of carboxylic acid groups (broad SMARTS) is 1. The van der Waals surface area contributed by atoms with Gasteiger partial charge in [0.1, 0.15) is 4.88 Å². The number of hydrogen-bond donors (Lipinski definition) is 2. The number of thiophene rings is 1. The molecule has 2 heterocycles. The van der Waals surface area contributed by atoms with Crippen LogP contribution in [-0.4, -0.2) is 30.2 Å². The number of hydrogen-bond acceptors (Lipinski definition) is 4. The normalized spacial score (nSPS) is 23.0. The van der Waals surface area contributed by atoms with Gasteiger partial charge in [0, 0.05) is 11.5 Å². The Bertz CT molecular complexity index is 477. The van der Waals surface area contributed by atoms with Gasteiger partial charge in [-0.25, -0.2) is 4.79 Å². The van der Waals surface area contributed by atoms with Crippen molar-refractivity contribution >= 4 is 23.2 Å². The van der Waals surface area contributed by atoms with Crippen molar-refractivity contribution in [1.82, 2.24) is 5.32 Å². The topological polar surface area (TPSA) is 75.6 Å². The lowest BCUT2D eigenvalue weighted by atomic mass is 9.84. The van der Waals surface area contributed by atoms with E-state index in [0.717, 1.165) is 24.3 Å². The maximum atomic E-state index is 12.1. The molecule has 5 nitrogen and oxygen atoms in total. The van der Waals surface area contributed by atoms with Crippen LogP contribution in [0, 0.1) is 5.41 Å². The van der Waals surface area contributed by atoms with Crippen LogP contribution < -0.4 is 5.32 Å². The largest absolute Gasteiger partial charge is 0.477 e. The summed E-state index contributed by atoms with van der Waals surface area (Å²) in [5.74, 6) is -0.965. The van der Waals surface area contributed by atoms with Gasteiger partial charge in [0.15, 0.2) is 0 Å². The van der Waals surface area contributed by atoms with Crippen molar-refractivity contribution in [3.8, 4) is 0 Å². The van der Waals surface area contributed by atoms with Crippen LogP contribution in [0.1, 0.15) is 34.3 Å².